The number of nitrogens with zero attached hydrogens (tertiary/aromatic N) is 6. The van der Waals surface area contributed by atoms with Crippen LogP contribution in [0.25, 0.3) is 5.82 Å². The summed E-state index contributed by atoms with van der Waals surface area (Å²) in [6, 6.07) is 7.36. The fraction of sp³-hybridized carbons (Fsp3) is 0.316. The van der Waals surface area contributed by atoms with Crippen LogP contribution in [0.5, 0.6) is 5.75 Å². The molecule has 3 heterocycles. The predicted octanol–water partition coefficient (Wildman–Crippen LogP) is 1.63. The molecule has 0 aliphatic carbocycles. The number of sulfonamides is 1. The van der Waals surface area contributed by atoms with E-state index in [-0.39, 0.29) is 23.7 Å². The molecule has 4 rings (SSSR count). The van der Waals surface area contributed by atoms with Crippen molar-refractivity contribution in [1.82, 2.24) is 24.1 Å². The molecule has 2 aromatic heterocycles. The Labute approximate surface area is 173 Å². The molecule has 1 aliphatic heterocycles. The zero-order chi connectivity index (χ0) is 21.3. The molecular formula is C19H21FN6O3S. The fourth-order valence-corrected chi connectivity index (χ4v) is 4.78. The minimum atomic E-state index is -3.79. The van der Waals surface area contributed by atoms with E-state index in [1.807, 2.05) is 34.7 Å². The van der Waals surface area contributed by atoms with Gasteiger partial charge in [-0.3, -0.25) is 4.57 Å². The summed E-state index contributed by atoms with van der Waals surface area (Å²) in [5.74, 6) is 1.44. The molecule has 1 saturated heterocycles. The molecule has 1 fully saturated rings. The second-order valence-electron chi connectivity index (χ2n) is 6.78. The van der Waals surface area contributed by atoms with E-state index in [4.69, 9.17) is 4.74 Å². The summed E-state index contributed by atoms with van der Waals surface area (Å²) >= 11 is 0. The van der Waals surface area contributed by atoms with Gasteiger partial charge in [0, 0.05) is 38.6 Å². The van der Waals surface area contributed by atoms with Crippen LogP contribution in [0.15, 0.2) is 47.6 Å². The first-order chi connectivity index (χ1) is 14.4. The van der Waals surface area contributed by atoms with Gasteiger partial charge in [-0.25, -0.2) is 17.8 Å². The lowest BCUT2D eigenvalue weighted by atomic mass is 10.3. The first kappa shape index (κ1) is 20.2. The number of imidazole rings is 1. The Morgan fingerprint density at radius 1 is 1.03 bits per heavy atom. The molecule has 158 valence electrons. The van der Waals surface area contributed by atoms with Gasteiger partial charge in [0.1, 0.15) is 5.82 Å². The molecule has 0 bridgehead atoms. The maximum absolute atomic E-state index is 14.0. The summed E-state index contributed by atoms with van der Waals surface area (Å²) in [4.78, 5) is 6.05. The largest absolute Gasteiger partial charge is 0.494 e. The minimum absolute atomic E-state index is 0.00618. The number of aromatic nitrogens is 4. The van der Waals surface area contributed by atoms with Crippen molar-refractivity contribution in [2.45, 2.75) is 11.8 Å². The van der Waals surface area contributed by atoms with Gasteiger partial charge in [0.05, 0.1) is 12.0 Å². The molecule has 0 unspecified atom stereocenters. The zero-order valence-corrected chi connectivity index (χ0v) is 17.4. The lowest BCUT2D eigenvalue weighted by Crippen LogP contribution is -2.49. The van der Waals surface area contributed by atoms with Crippen molar-refractivity contribution < 1.29 is 17.5 Å². The van der Waals surface area contributed by atoms with Crippen LogP contribution in [0.2, 0.25) is 0 Å². The number of benzene rings is 1. The maximum Gasteiger partial charge on any atom is 0.243 e. The van der Waals surface area contributed by atoms with Crippen LogP contribution in [-0.4, -0.2) is 65.8 Å². The highest BCUT2D eigenvalue weighted by Crippen LogP contribution is 2.24. The van der Waals surface area contributed by atoms with Crippen molar-refractivity contribution in [3.05, 3.63) is 54.4 Å². The Balaban J connectivity index is 1.44. The molecule has 1 aliphatic rings. The fourth-order valence-electron chi connectivity index (χ4n) is 3.35. The number of piperazine rings is 1. The second-order valence-corrected chi connectivity index (χ2v) is 8.72. The van der Waals surface area contributed by atoms with E-state index in [1.54, 1.807) is 6.20 Å². The predicted molar refractivity (Wildman–Crippen MR) is 108 cm³/mol. The number of hydrogen-bond donors (Lipinski definition) is 0. The minimum Gasteiger partial charge on any atom is -0.494 e. The standard InChI is InChI=1S/C19H21FN6O3S/c1-14-21-7-8-26(14)19-6-5-18(22-23-19)24-9-11-25(12-10-24)30(27,28)15-3-4-17(29-2)16(20)13-15/h3-8,13H,9-12H2,1-2H3. The number of rotatable bonds is 5. The molecule has 0 spiro atoms. The number of ether oxygens (including phenoxy) is 1. The normalized spacial score (nSPS) is 15.4. The van der Waals surface area contributed by atoms with Crippen LogP contribution in [-0.2, 0) is 10.0 Å². The third kappa shape index (κ3) is 3.73. The lowest BCUT2D eigenvalue weighted by molar-refractivity contribution is 0.379. The van der Waals surface area contributed by atoms with Gasteiger partial charge in [-0.2, -0.15) is 4.31 Å². The van der Waals surface area contributed by atoms with Crippen molar-refractivity contribution in [2.75, 3.05) is 38.2 Å². The summed E-state index contributed by atoms with van der Waals surface area (Å²) in [6.45, 7) is 3.32. The lowest BCUT2D eigenvalue weighted by Gasteiger charge is -2.34. The van der Waals surface area contributed by atoms with E-state index in [1.165, 1.54) is 23.5 Å². The molecule has 0 radical (unpaired) electrons. The third-order valence-corrected chi connectivity index (χ3v) is 6.93. The van der Waals surface area contributed by atoms with E-state index in [0.717, 1.165) is 11.9 Å². The summed E-state index contributed by atoms with van der Waals surface area (Å²) < 4.78 is 47.7. The van der Waals surface area contributed by atoms with Gasteiger partial charge in [-0.05, 0) is 37.3 Å². The number of anilines is 1. The molecule has 9 nitrogen and oxygen atoms in total. The van der Waals surface area contributed by atoms with Crippen LogP contribution in [0.1, 0.15) is 5.82 Å². The SMILES string of the molecule is COc1ccc(S(=O)(=O)N2CCN(c3ccc(-n4ccnc4C)nn3)CC2)cc1F. The average molecular weight is 432 g/mol. The van der Waals surface area contributed by atoms with Gasteiger partial charge in [-0.15, -0.1) is 10.2 Å². The summed E-state index contributed by atoms with van der Waals surface area (Å²) in [5.41, 5.74) is 0. The highest BCUT2D eigenvalue weighted by molar-refractivity contribution is 7.89. The van der Waals surface area contributed by atoms with Crippen LogP contribution in [0, 0.1) is 12.7 Å². The second kappa shape index (κ2) is 8.00. The molecule has 0 saturated carbocycles. The third-order valence-electron chi connectivity index (χ3n) is 5.03. The van der Waals surface area contributed by atoms with E-state index in [0.29, 0.717) is 24.7 Å². The zero-order valence-electron chi connectivity index (χ0n) is 16.6. The number of halogens is 1. The highest BCUT2D eigenvalue weighted by Gasteiger charge is 2.29. The van der Waals surface area contributed by atoms with Gasteiger partial charge in [-0.1, -0.05) is 0 Å². The Bertz CT molecular complexity index is 1140. The van der Waals surface area contributed by atoms with Gasteiger partial charge in [0.25, 0.3) is 0 Å². The van der Waals surface area contributed by atoms with Crippen molar-refractivity contribution in [2.24, 2.45) is 0 Å². The smallest absolute Gasteiger partial charge is 0.243 e. The van der Waals surface area contributed by atoms with Gasteiger partial charge < -0.3 is 9.64 Å². The monoisotopic (exact) mass is 432 g/mol. The maximum atomic E-state index is 14.0. The van der Waals surface area contributed by atoms with Crippen molar-refractivity contribution >= 4 is 15.8 Å². The highest BCUT2D eigenvalue weighted by atomic mass is 32.2. The Morgan fingerprint density at radius 3 is 2.30 bits per heavy atom. The van der Waals surface area contributed by atoms with E-state index in [9.17, 15) is 12.8 Å². The van der Waals surface area contributed by atoms with E-state index in [2.05, 4.69) is 15.2 Å². The molecule has 11 heteroatoms. The number of methoxy groups -OCH3 is 1. The molecule has 0 N–H and O–H groups in total. The summed E-state index contributed by atoms with van der Waals surface area (Å²) in [6.07, 6.45) is 3.50. The molecule has 1 aromatic carbocycles. The molecule has 0 amide bonds. The van der Waals surface area contributed by atoms with Gasteiger partial charge >= 0.3 is 0 Å². The van der Waals surface area contributed by atoms with Crippen molar-refractivity contribution in [3.63, 3.8) is 0 Å². The summed E-state index contributed by atoms with van der Waals surface area (Å²) in [7, 11) is -2.46. The van der Waals surface area contributed by atoms with Crippen molar-refractivity contribution in [3.8, 4) is 11.6 Å². The first-order valence-corrected chi connectivity index (χ1v) is 10.8. The summed E-state index contributed by atoms with van der Waals surface area (Å²) in [5, 5.41) is 8.52. The van der Waals surface area contributed by atoms with Crippen LogP contribution in [0.3, 0.4) is 0 Å². The van der Waals surface area contributed by atoms with Crippen LogP contribution >= 0.6 is 0 Å². The Kier molecular flexibility index (Phi) is 5.39. The Morgan fingerprint density at radius 2 is 1.73 bits per heavy atom. The number of hydrogen-bond acceptors (Lipinski definition) is 7. The van der Waals surface area contributed by atoms with Crippen LogP contribution < -0.4 is 9.64 Å². The quantitative estimate of drug-likeness (QED) is 0.605. The van der Waals surface area contributed by atoms with E-state index < -0.39 is 15.8 Å². The molecule has 0 atom stereocenters. The molecular weight excluding hydrogens is 411 g/mol. The van der Waals surface area contributed by atoms with Gasteiger partial charge in [0.15, 0.2) is 23.2 Å². The average Bonchev–Trinajstić information content (AvgIpc) is 3.19. The number of aryl methyl sites for hydroxylation is 1. The molecule has 30 heavy (non-hydrogen) atoms. The Hall–Kier alpha value is -3.05. The van der Waals surface area contributed by atoms with Crippen molar-refractivity contribution in [1.29, 1.82) is 0 Å². The van der Waals surface area contributed by atoms with Crippen LogP contribution in [0.4, 0.5) is 10.2 Å². The van der Waals surface area contributed by atoms with Gasteiger partial charge in [0.2, 0.25) is 10.0 Å². The first-order valence-electron chi connectivity index (χ1n) is 9.33. The topological polar surface area (TPSA) is 93.5 Å². The molecule has 3 aromatic rings. The van der Waals surface area contributed by atoms with E-state index >= 15 is 0 Å².